The summed E-state index contributed by atoms with van der Waals surface area (Å²) in [5.41, 5.74) is 7.89. The summed E-state index contributed by atoms with van der Waals surface area (Å²) in [6.45, 7) is 3.83. The van der Waals surface area contributed by atoms with Crippen LogP contribution >= 0.6 is 11.5 Å². The lowest BCUT2D eigenvalue weighted by molar-refractivity contribution is 0.0703. The predicted molar refractivity (Wildman–Crippen MR) is 84.1 cm³/mol. The fourth-order valence-corrected chi connectivity index (χ4v) is 3.27. The number of aromatic nitrogens is 2. The highest BCUT2D eigenvalue weighted by Crippen LogP contribution is 2.31. The van der Waals surface area contributed by atoms with Gasteiger partial charge in [-0.05, 0) is 42.4 Å². The van der Waals surface area contributed by atoms with Crippen molar-refractivity contribution in [2.45, 2.75) is 19.8 Å². The highest BCUT2D eigenvalue weighted by Gasteiger charge is 2.26. The van der Waals surface area contributed by atoms with Crippen molar-refractivity contribution < 1.29 is 4.79 Å². The van der Waals surface area contributed by atoms with E-state index in [-0.39, 0.29) is 5.91 Å². The highest BCUT2D eigenvalue weighted by atomic mass is 32.1. The Morgan fingerprint density at radius 1 is 1.38 bits per heavy atom. The van der Waals surface area contributed by atoms with E-state index < -0.39 is 0 Å². The average molecular weight is 302 g/mol. The third-order valence-electron chi connectivity index (χ3n) is 3.90. The van der Waals surface area contributed by atoms with Crippen LogP contribution in [0.5, 0.6) is 0 Å². The van der Waals surface area contributed by atoms with Gasteiger partial charge in [0, 0.05) is 19.3 Å². The quantitative estimate of drug-likeness (QED) is 0.925. The van der Waals surface area contributed by atoms with Crippen LogP contribution in [-0.4, -0.2) is 33.3 Å². The standard InChI is InChI=1S/C15H18N4OS/c1-10-5-8-19(9-6-10)15(20)14-12(16)13(18-21-14)11-4-2-3-7-17-11/h2-4,7,10H,5-6,8-9,16H2,1H3. The molecule has 110 valence electrons. The Labute approximate surface area is 128 Å². The predicted octanol–water partition coefficient (Wildman–Crippen LogP) is 2.66. The molecule has 2 aromatic rings. The summed E-state index contributed by atoms with van der Waals surface area (Å²) in [5.74, 6) is 0.691. The highest BCUT2D eigenvalue weighted by molar-refractivity contribution is 7.09. The lowest BCUT2D eigenvalue weighted by Gasteiger charge is -2.29. The molecule has 0 atom stereocenters. The van der Waals surface area contributed by atoms with Gasteiger partial charge >= 0.3 is 0 Å². The van der Waals surface area contributed by atoms with E-state index >= 15 is 0 Å². The number of nitrogen functional groups attached to an aromatic ring is 1. The fourth-order valence-electron chi connectivity index (χ4n) is 2.49. The number of nitrogens with two attached hydrogens (primary N) is 1. The van der Waals surface area contributed by atoms with Gasteiger partial charge in [-0.15, -0.1) is 0 Å². The first kappa shape index (κ1) is 14.0. The zero-order valence-corrected chi connectivity index (χ0v) is 12.8. The van der Waals surface area contributed by atoms with Crippen LogP contribution in [0.25, 0.3) is 11.4 Å². The van der Waals surface area contributed by atoms with Crippen molar-refractivity contribution >= 4 is 23.1 Å². The molecular formula is C15H18N4OS. The molecule has 6 heteroatoms. The molecular weight excluding hydrogens is 284 g/mol. The third kappa shape index (κ3) is 2.76. The molecule has 0 aromatic carbocycles. The van der Waals surface area contributed by atoms with E-state index in [0.717, 1.165) is 25.9 Å². The van der Waals surface area contributed by atoms with E-state index in [9.17, 15) is 4.79 Å². The topological polar surface area (TPSA) is 72.1 Å². The van der Waals surface area contributed by atoms with Crippen molar-refractivity contribution in [3.63, 3.8) is 0 Å². The van der Waals surface area contributed by atoms with Crippen LogP contribution in [0.2, 0.25) is 0 Å². The van der Waals surface area contributed by atoms with E-state index in [2.05, 4.69) is 16.3 Å². The molecule has 0 spiro atoms. The number of carbonyl (C=O) groups is 1. The van der Waals surface area contributed by atoms with E-state index in [0.29, 0.717) is 27.9 Å². The van der Waals surface area contributed by atoms with Crippen LogP contribution in [0, 0.1) is 5.92 Å². The Morgan fingerprint density at radius 3 is 2.81 bits per heavy atom. The smallest absolute Gasteiger partial charge is 0.267 e. The number of nitrogens with zero attached hydrogens (tertiary/aromatic N) is 3. The maximum Gasteiger partial charge on any atom is 0.267 e. The van der Waals surface area contributed by atoms with Crippen molar-refractivity contribution in [1.82, 2.24) is 14.3 Å². The van der Waals surface area contributed by atoms with Gasteiger partial charge in [-0.2, -0.15) is 4.37 Å². The minimum Gasteiger partial charge on any atom is -0.396 e. The molecule has 2 N–H and O–H groups in total. The summed E-state index contributed by atoms with van der Waals surface area (Å²) < 4.78 is 4.32. The van der Waals surface area contributed by atoms with E-state index in [1.807, 2.05) is 23.1 Å². The summed E-state index contributed by atoms with van der Waals surface area (Å²) >= 11 is 1.17. The summed E-state index contributed by atoms with van der Waals surface area (Å²) in [4.78, 5) is 19.2. The summed E-state index contributed by atoms with van der Waals surface area (Å²) in [6.07, 6.45) is 3.80. The van der Waals surface area contributed by atoms with Gasteiger partial charge in [-0.3, -0.25) is 9.78 Å². The zero-order chi connectivity index (χ0) is 14.8. The monoisotopic (exact) mass is 302 g/mol. The van der Waals surface area contributed by atoms with E-state index in [4.69, 9.17) is 5.73 Å². The molecule has 21 heavy (non-hydrogen) atoms. The Morgan fingerprint density at radius 2 is 2.14 bits per heavy atom. The molecule has 0 saturated carbocycles. The van der Waals surface area contributed by atoms with Gasteiger partial charge in [-0.1, -0.05) is 13.0 Å². The first-order valence-electron chi connectivity index (χ1n) is 7.12. The molecule has 1 amide bonds. The number of carbonyl (C=O) groups excluding carboxylic acids is 1. The number of amides is 1. The van der Waals surface area contributed by atoms with Gasteiger partial charge in [0.05, 0.1) is 11.4 Å². The van der Waals surface area contributed by atoms with Crippen LogP contribution in [0.1, 0.15) is 29.4 Å². The van der Waals surface area contributed by atoms with Crippen molar-refractivity contribution in [3.8, 4) is 11.4 Å². The van der Waals surface area contributed by atoms with Gasteiger partial charge in [0.2, 0.25) is 0 Å². The number of anilines is 1. The van der Waals surface area contributed by atoms with E-state index in [1.54, 1.807) is 6.20 Å². The van der Waals surface area contributed by atoms with Gasteiger partial charge in [0.15, 0.2) is 0 Å². The summed E-state index contributed by atoms with van der Waals surface area (Å²) in [7, 11) is 0. The van der Waals surface area contributed by atoms with Gasteiger partial charge < -0.3 is 10.6 Å². The Kier molecular flexibility index (Phi) is 3.88. The molecule has 0 aliphatic carbocycles. The lowest BCUT2D eigenvalue weighted by Crippen LogP contribution is -2.37. The molecule has 2 aromatic heterocycles. The van der Waals surface area contributed by atoms with Crippen LogP contribution in [-0.2, 0) is 0 Å². The Bertz CT molecular complexity index is 632. The van der Waals surface area contributed by atoms with Crippen molar-refractivity contribution in [1.29, 1.82) is 0 Å². The molecule has 1 fully saturated rings. The first-order valence-corrected chi connectivity index (χ1v) is 7.90. The van der Waals surface area contributed by atoms with Crippen molar-refractivity contribution in [2.75, 3.05) is 18.8 Å². The molecule has 1 aliphatic rings. The van der Waals surface area contributed by atoms with Gasteiger partial charge in [0.1, 0.15) is 10.6 Å². The lowest BCUT2D eigenvalue weighted by atomic mass is 9.99. The van der Waals surface area contributed by atoms with Crippen LogP contribution < -0.4 is 5.73 Å². The zero-order valence-electron chi connectivity index (χ0n) is 12.0. The second-order valence-electron chi connectivity index (χ2n) is 5.46. The largest absolute Gasteiger partial charge is 0.396 e. The maximum atomic E-state index is 12.6. The number of rotatable bonds is 2. The minimum absolute atomic E-state index is 0.000851. The molecule has 5 nitrogen and oxygen atoms in total. The summed E-state index contributed by atoms with van der Waals surface area (Å²) in [5, 5.41) is 0. The van der Waals surface area contributed by atoms with Crippen molar-refractivity contribution in [2.24, 2.45) is 5.92 Å². The molecule has 0 unspecified atom stereocenters. The van der Waals surface area contributed by atoms with Crippen LogP contribution in [0.3, 0.4) is 0 Å². The maximum absolute atomic E-state index is 12.6. The molecule has 3 rings (SSSR count). The molecule has 0 radical (unpaired) electrons. The number of hydrogen-bond acceptors (Lipinski definition) is 5. The average Bonchev–Trinajstić information content (AvgIpc) is 2.90. The molecule has 1 aliphatic heterocycles. The normalized spacial score (nSPS) is 16.1. The Hall–Kier alpha value is -1.95. The van der Waals surface area contributed by atoms with Gasteiger partial charge in [0.25, 0.3) is 5.91 Å². The number of piperidine rings is 1. The number of hydrogen-bond donors (Lipinski definition) is 1. The fraction of sp³-hybridized carbons (Fsp3) is 0.400. The van der Waals surface area contributed by atoms with Crippen LogP contribution in [0.4, 0.5) is 5.69 Å². The third-order valence-corrected chi connectivity index (χ3v) is 4.75. The molecule has 0 bridgehead atoms. The SMILES string of the molecule is CC1CCN(C(=O)c2snc(-c3ccccn3)c2N)CC1. The Balaban J connectivity index is 1.84. The number of pyridine rings is 1. The summed E-state index contributed by atoms with van der Waals surface area (Å²) in [6, 6.07) is 5.57. The van der Waals surface area contributed by atoms with Crippen molar-refractivity contribution in [3.05, 3.63) is 29.3 Å². The second-order valence-corrected chi connectivity index (χ2v) is 6.24. The second kappa shape index (κ2) is 5.81. The van der Waals surface area contributed by atoms with Gasteiger partial charge in [-0.25, -0.2) is 0 Å². The number of likely N-dealkylation sites (tertiary alicyclic amines) is 1. The first-order chi connectivity index (χ1) is 10.2. The van der Waals surface area contributed by atoms with E-state index in [1.165, 1.54) is 11.5 Å². The molecule has 1 saturated heterocycles. The van der Waals surface area contributed by atoms with Crippen LogP contribution in [0.15, 0.2) is 24.4 Å². The molecule has 3 heterocycles. The minimum atomic E-state index is -0.000851.